The van der Waals surface area contributed by atoms with Gasteiger partial charge >= 0.3 is 0 Å². The van der Waals surface area contributed by atoms with Crippen LogP contribution in [0.25, 0.3) is 0 Å². The van der Waals surface area contributed by atoms with Crippen molar-refractivity contribution in [3.63, 3.8) is 0 Å². The molecule has 172 valence electrons. The Labute approximate surface area is 197 Å². The maximum absolute atomic E-state index is 13.4. The van der Waals surface area contributed by atoms with Crippen molar-refractivity contribution < 1.29 is 19.1 Å². The minimum absolute atomic E-state index is 0.0456. The van der Waals surface area contributed by atoms with Crippen LogP contribution in [-0.2, 0) is 19.7 Å². The number of benzene rings is 3. The quantitative estimate of drug-likeness (QED) is 0.623. The zero-order chi connectivity index (χ0) is 23.5. The molecule has 2 N–H and O–H groups in total. The van der Waals surface area contributed by atoms with E-state index in [1.807, 2.05) is 42.5 Å². The second-order valence-electron chi connectivity index (χ2n) is 8.55. The molecule has 0 aromatic heterocycles. The van der Waals surface area contributed by atoms with Gasteiger partial charge in [-0.05, 0) is 54.8 Å². The highest BCUT2D eigenvalue weighted by Crippen LogP contribution is 2.36. The standard InChI is InChI=1S/C27H25N3O4/c31-24-18-30(23-9-5-4-8-22(23)29-24)25(32)19-10-12-21(13-11-19)28-26(33)27(14-16-34-17-15-27)20-6-2-1-3-7-20/h1-13H,14-18H2,(H,28,33)(H,29,31). The van der Waals surface area contributed by atoms with Crippen LogP contribution in [0.5, 0.6) is 0 Å². The van der Waals surface area contributed by atoms with Crippen LogP contribution in [0.4, 0.5) is 17.1 Å². The van der Waals surface area contributed by atoms with Gasteiger partial charge in [-0.25, -0.2) is 0 Å². The first-order valence-corrected chi connectivity index (χ1v) is 11.3. The highest BCUT2D eigenvalue weighted by Gasteiger charge is 2.41. The summed E-state index contributed by atoms with van der Waals surface area (Å²) < 4.78 is 5.53. The highest BCUT2D eigenvalue weighted by atomic mass is 16.5. The fourth-order valence-corrected chi connectivity index (χ4v) is 4.64. The number of nitrogens with zero attached hydrogens (tertiary/aromatic N) is 1. The number of nitrogens with one attached hydrogen (secondary N) is 2. The molecule has 7 heteroatoms. The van der Waals surface area contributed by atoms with Crippen molar-refractivity contribution in [3.8, 4) is 0 Å². The lowest BCUT2D eigenvalue weighted by atomic mass is 9.73. The molecule has 0 spiro atoms. The number of anilines is 3. The Hall–Kier alpha value is -3.97. The molecule has 0 radical (unpaired) electrons. The van der Waals surface area contributed by atoms with Gasteiger partial charge < -0.3 is 15.4 Å². The summed E-state index contributed by atoms with van der Waals surface area (Å²) in [6.07, 6.45) is 1.21. The molecular formula is C27H25N3O4. The number of rotatable bonds is 4. The number of hydrogen-bond donors (Lipinski definition) is 2. The summed E-state index contributed by atoms with van der Waals surface area (Å²) in [5, 5.41) is 5.82. The molecule has 2 aliphatic heterocycles. The van der Waals surface area contributed by atoms with Crippen LogP contribution in [-0.4, -0.2) is 37.5 Å². The summed E-state index contributed by atoms with van der Waals surface area (Å²) >= 11 is 0. The van der Waals surface area contributed by atoms with E-state index in [1.54, 1.807) is 36.4 Å². The fraction of sp³-hybridized carbons (Fsp3) is 0.222. The van der Waals surface area contributed by atoms with Gasteiger partial charge in [0.2, 0.25) is 11.8 Å². The van der Waals surface area contributed by atoms with Crippen molar-refractivity contribution in [2.45, 2.75) is 18.3 Å². The van der Waals surface area contributed by atoms with Crippen molar-refractivity contribution >= 4 is 34.8 Å². The monoisotopic (exact) mass is 455 g/mol. The van der Waals surface area contributed by atoms with Gasteiger partial charge in [-0.3, -0.25) is 19.3 Å². The van der Waals surface area contributed by atoms with Crippen molar-refractivity contribution in [1.29, 1.82) is 0 Å². The van der Waals surface area contributed by atoms with Crippen LogP contribution in [0.1, 0.15) is 28.8 Å². The largest absolute Gasteiger partial charge is 0.381 e. The van der Waals surface area contributed by atoms with E-state index >= 15 is 0 Å². The number of carbonyl (C=O) groups is 3. The number of para-hydroxylation sites is 2. The van der Waals surface area contributed by atoms with Gasteiger partial charge in [-0.1, -0.05) is 42.5 Å². The van der Waals surface area contributed by atoms with Crippen LogP contribution in [0.15, 0.2) is 78.9 Å². The lowest BCUT2D eigenvalue weighted by molar-refractivity contribution is -0.125. The van der Waals surface area contributed by atoms with Crippen LogP contribution < -0.4 is 15.5 Å². The Balaban J connectivity index is 1.35. The van der Waals surface area contributed by atoms with E-state index in [0.717, 1.165) is 5.56 Å². The molecule has 7 nitrogen and oxygen atoms in total. The number of hydrogen-bond acceptors (Lipinski definition) is 4. The Morgan fingerprint density at radius 1 is 0.882 bits per heavy atom. The maximum atomic E-state index is 13.4. The van der Waals surface area contributed by atoms with E-state index in [1.165, 1.54) is 4.90 Å². The molecule has 0 aliphatic carbocycles. The first-order chi connectivity index (χ1) is 16.6. The number of amides is 3. The molecule has 0 atom stereocenters. The maximum Gasteiger partial charge on any atom is 0.258 e. The molecule has 1 fully saturated rings. The third kappa shape index (κ3) is 4.06. The molecule has 2 heterocycles. The normalized spacial score (nSPS) is 16.8. The summed E-state index contributed by atoms with van der Waals surface area (Å²) in [5.74, 6) is -0.591. The van der Waals surface area contributed by atoms with Gasteiger partial charge in [0.15, 0.2) is 0 Å². The average molecular weight is 456 g/mol. The Bertz CT molecular complexity index is 1220. The van der Waals surface area contributed by atoms with Gasteiger partial charge in [0, 0.05) is 24.5 Å². The van der Waals surface area contributed by atoms with Crippen molar-refractivity contribution in [1.82, 2.24) is 0 Å². The summed E-state index contributed by atoms with van der Waals surface area (Å²) in [7, 11) is 0. The van der Waals surface area contributed by atoms with Gasteiger partial charge in [-0.2, -0.15) is 0 Å². The van der Waals surface area contributed by atoms with Crippen molar-refractivity contribution in [2.75, 3.05) is 35.3 Å². The minimum atomic E-state index is -0.654. The van der Waals surface area contributed by atoms with Crippen LogP contribution in [0.3, 0.4) is 0 Å². The zero-order valence-corrected chi connectivity index (χ0v) is 18.6. The molecule has 0 bridgehead atoms. The molecule has 5 rings (SSSR count). The van der Waals surface area contributed by atoms with Gasteiger partial charge in [0.25, 0.3) is 5.91 Å². The predicted molar refractivity (Wildman–Crippen MR) is 130 cm³/mol. The molecule has 3 aromatic carbocycles. The second-order valence-corrected chi connectivity index (χ2v) is 8.55. The molecule has 0 saturated carbocycles. The number of fused-ring (bicyclic) bond motifs is 1. The third-order valence-corrected chi connectivity index (χ3v) is 6.51. The minimum Gasteiger partial charge on any atom is -0.381 e. The SMILES string of the molecule is O=C1CN(C(=O)c2ccc(NC(=O)C3(c4ccccc4)CCOCC3)cc2)c2ccccc2N1. The van der Waals surface area contributed by atoms with Gasteiger partial charge in [-0.15, -0.1) is 0 Å². The van der Waals surface area contributed by atoms with E-state index in [9.17, 15) is 14.4 Å². The smallest absolute Gasteiger partial charge is 0.258 e. The summed E-state index contributed by atoms with van der Waals surface area (Å²) in [6.45, 7) is 1.01. The zero-order valence-electron chi connectivity index (χ0n) is 18.6. The van der Waals surface area contributed by atoms with Crippen LogP contribution in [0.2, 0.25) is 0 Å². The van der Waals surface area contributed by atoms with Gasteiger partial charge in [0.05, 0.1) is 16.8 Å². The first kappa shape index (κ1) is 21.9. The lowest BCUT2D eigenvalue weighted by Crippen LogP contribution is -2.44. The van der Waals surface area contributed by atoms with Crippen LogP contribution in [0, 0.1) is 0 Å². The first-order valence-electron chi connectivity index (χ1n) is 11.3. The molecule has 0 unspecified atom stereocenters. The Morgan fingerprint density at radius 3 is 2.29 bits per heavy atom. The lowest BCUT2D eigenvalue weighted by Gasteiger charge is -2.36. The fourth-order valence-electron chi connectivity index (χ4n) is 4.64. The third-order valence-electron chi connectivity index (χ3n) is 6.51. The van der Waals surface area contributed by atoms with E-state index < -0.39 is 5.41 Å². The second kappa shape index (κ2) is 9.11. The van der Waals surface area contributed by atoms with Crippen molar-refractivity contribution in [3.05, 3.63) is 90.0 Å². The van der Waals surface area contributed by atoms with Crippen LogP contribution >= 0.6 is 0 Å². The van der Waals surface area contributed by atoms with Gasteiger partial charge in [0.1, 0.15) is 6.54 Å². The predicted octanol–water partition coefficient (Wildman–Crippen LogP) is 3.97. The Morgan fingerprint density at radius 2 is 1.56 bits per heavy atom. The highest BCUT2D eigenvalue weighted by molar-refractivity contribution is 6.15. The average Bonchev–Trinajstić information content (AvgIpc) is 2.89. The van der Waals surface area contributed by atoms with E-state index in [0.29, 0.717) is 48.7 Å². The topological polar surface area (TPSA) is 87.7 Å². The molecular weight excluding hydrogens is 430 g/mol. The molecule has 2 aliphatic rings. The Kier molecular flexibility index (Phi) is 5.86. The number of ether oxygens (including phenoxy) is 1. The molecule has 34 heavy (non-hydrogen) atoms. The molecule has 3 aromatic rings. The summed E-state index contributed by atoms with van der Waals surface area (Å²) in [6, 6.07) is 23.8. The van der Waals surface area contributed by atoms with E-state index in [2.05, 4.69) is 10.6 Å². The molecule has 3 amide bonds. The van der Waals surface area contributed by atoms with E-state index in [-0.39, 0.29) is 24.3 Å². The summed E-state index contributed by atoms with van der Waals surface area (Å²) in [4.78, 5) is 40.2. The summed E-state index contributed by atoms with van der Waals surface area (Å²) in [5.41, 5.74) is 2.64. The van der Waals surface area contributed by atoms with Crippen molar-refractivity contribution in [2.24, 2.45) is 0 Å². The van der Waals surface area contributed by atoms with E-state index in [4.69, 9.17) is 4.74 Å². The molecule has 1 saturated heterocycles. The number of carbonyl (C=O) groups excluding carboxylic acids is 3.